The van der Waals surface area contributed by atoms with Crippen molar-refractivity contribution in [2.45, 2.75) is 5.16 Å². The van der Waals surface area contributed by atoms with Crippen molar-refractivity contribution in [2.75, 3.05) is 19.4 Å². The number of carbonyl (C=O) groups excluding carboxylic acids is 1. The monoisotopic (exact) mass is 413 g/mol. The molecule has 0 saturated heterocycles. The number of ether oxygens (including phenoxy) is 1. The molecular formula is C19H16ClN5O2S. The van der Waals surface area contributed by atoms with Crippen LogP contribution in [0.25, 0.3) is 17.1 Å². The average Bonchev–Trinajstić information content (AvgIpc) is 3.15. The maximum Gasteiger partial charge on any atom is 0.231 e. The van der Waals surface area contributed by atoms with Crippen LogP contribution >= 0.6 is 23.4 Å². The lowest BCUT2D eigenvalue weighted by Crippen LogP contribution is -2.25. The lowest BCUT2D eigenvalue weighted by molar-refractivity contribution is -0.118. The highest BCUT2D eigenvalue weighted by atomic mass is 35.5. The number of hydrogen-bond donors (Lipinski definition) is 1. The minimum Gasteiger partial charge on any atom is -0.496 e. The molecule has 2 aromatic carbocycles. The van der Waals surface area contributed by atoms with Crippen molar-refractivity contribution in [1.82, 2.24) is 20.1 Å². The van der Waals surface area contributed by atoms with Gasteiger partial charge in [-0.1, -0.05) is 35.5 Å². The fourth-order valence-electron chi connectivity index (χ4n) is 2.51. The fraction of sp³-hybridized carbons (Fsp3) is 0.158. The van der Waals surface area contributed by atoms with Gasteiger partial charge in [-0.3, -0.25) is 9.36 Å². The number of hydrogen-bond acceptors (Lipinski definition) is 6. The number of para-hydroxylation sites is 1. The van der Waals surface area contributed by atoms with Crippen molar-refractivity contribution in [1.29, 1.82) is 5.26 Å². The second-order valence-electron chi connectivity index (χ2n) is 5.54. The van der Waals surface area contributed by atoms with E-state index in [1.807, 2.05) is 47.0 Å². The van der Waals surface area contributed by atoms with Gasteiger partial charge in [-0.15, -0.1) is 10.2 Å². The van der Waals surface area contributed by atoms with Crippen molar-refractivity contribution in [2.24, 2.45) is 0 Å². The molecule has 0 saturated carbocycles. The molecule has 0 spiro atoms. The zero-order valence-corrected chi connectivity index (χ0v) is 16.5. The second-order valence-corrected chi connectivity index (χ2v) is 6.92. The Morgan fingerprint density at radius 1 is 1.25 bits per heavy atom. The quantitative estimate of drug-likeness (QED) is 0.471. The van der Waals surface area contributed by atoms with E-state index in [1.165, 1.54) is 11.8 Å². The van der Waals surface area contributed by atoms with Gasteiger partial charge in [-0.05, 0) is 36.4 Å². The molecule has 28 heavy (non-hydrogen) atoms. The van der Waals surface area contributed by atoms with Gasteiger partial charge in [0.05, 0.1) is 24.5 Å². The molecule has 1 N–H and O–H groups in total. The highest BCUT2D eigenvalue weighted by Gasteiger charge is 2.19. The van der Waals surface area contributed by atoms with E-state index >= 15 is 0 Å². The minimum absolute atomic E-state index is 0.0320. The molecule has 0 fully saturated rings. The standard InChI is InChI=1S/C19H16ClN5O2S/c1-27-16-5-3-2-4-15(16)18-23-24-19(28-12-17(26)22-11-10-21)25(18)14-8-6-13(20)7-9-14/h2-9H,11-12H2,1H3,(H,22,26). The summed E-state index contributed by atoms with van der Waals surface area (Å²) in [6, 6.07) is 16.6. The molecule has 0 aliphatic carbocycles. The SMILES string of the molecule is COc1ccccc1-c1nnc(SCC(=O)NCC#N)n1-c1ccc(Cl)cc1. The van der Waals surface area contributed by atoms with Gasteiger partial charge in [0.25, 0.3) is 0 Å². The van der Waals surface area contributed by atoms with Crippen LogP contribution in [0.2, 0.25) is 5.02 Å². The average molecular weight is 414 g/mol. The summed E-state index contributed by atoms with van der Waals surface area (Å²) >= 11 is 7.25. The topological polar surface area (TPSA) is 92.8 Å². The Morgan fingerprint density at radius 2 is 2.00 bits per heavy atom. The third-order valence-electron chi connectivity index (χ3n) is 3.76. The number of carbonyl (C=O) groups is 1. The van der Waals surface area contributed by atoms with Crippen LogP contribution in [0.3, 0.4) is 0 Å². The number of aromatic nitrogens is 3. The fourth-order valence-corrected chi connectivity index (χ4v) is 3.42. The van der Waals surface area contributed by atoms with E-state index in [4.69, 9.17) is 21.6 Å². The highest BCUT2D eigenvalue weighted by Crippen LogP contribution is 2.33. The summed E-state index contributed by atoms with van der Waals surface area (Å²) in [5.41, 5.74) is 1.57. The van der Waals surface area contributed by atoms with Gasteiger partial charge in [-0.2, -0.15) is 5.26 Å². The third kappa shape index (κ3) is 4.44. The molecule has 3 rings (SSSR count). The smallest absolute Gasteiger partial charge is 0.231 e. The summed E-state index contributed by atoms with van der Waals surface area (Å²) in [4.78, 5) is 11.9. The molecule has 1 heterocycles. The molecule has 0 radical (unpaired) electrons. The number of benzene rings is 2. The number of thioether (sulfide) groups is 1. The molecule has 1 amide bonds. The molecule has 0 bridgehead atoms. The molecule has 142 valence electrons. The lowest BCUT2D eigenvalue weighted by Gasteiger charge is -2.12. The molecule has 1 aromatic heterocycles. The lowest BCUT2D eigenvalue weighted by atomic mass is 10.2. The summed E-state index contributed by atoms with van der Waals surface area (Å²) in [5.74, 6) is 1.10. The number of rotatable bonds is 7. The van der Waals surface area contributed by atoms with Gasteiger partial charge in [0, 0.05) is 10.7 Å². The number of methoxy groups -OCH3 is 1. The van der Waals surface area contributed by atoms with E-state index in [2.05, 4.69) is 15.5 Å². The molecule has 0 aliphatic rings. The van der Waals surface area contributed by atoms with E-state index in [0.29, 0.717) is 21.8 Å². The first-order valence-corrected chi connectivity index (χ1v) is 9.61. The Balaban J connectivity index is 2.01. The molecule has 7 nitrogen and oxygen atoms in total. The van der Waals surface area contributed by atoms with Gasteiger partial charge in [0.15, 0.2) is 11.0 Å². The first-order valence-electron chi connectivity index (χ1n) is 8.25. The maximum atomic E-state index is 11.9. The largest absolute Gasteiger partial charge is 0.496 e. The molecular weight excluding hydrogens is 398 g/mol. The van der Waals surface area contributed by atoms with Crippen LogP contribution in [-0.2, 0) is 4.79 Å². The van der Waals surface area contributed by atoms with Crippen LogP contribution in [0, 0.1) is 11.3 Å². The van der Waals surface area contributed by atoms with Gasteiger partial charge < -0.3 is 10.1 Å². The van der Waals surface area contributed by atoms with Gasteiger partial charge in [0.1, 0.15) is 12.3 Å². The van der Waals surface area contributed by atoms with Crippen LogP contribution in [0.1, 0.15) is 0 Å². The summed E-state index contributed by atoms with van der Waals surface area (Å²) in [7, 11) is 1.59. The Morgan fingerprint density at radius 3 is 2.71 bits per heavy atom. The maximum absolute atomic E-state index is 11.9. The normalized spacial score (nSPS) is 10.3. The van der Waals surface area contributed by atoms with Crippen molar-refractivity contribution >= 4 is 29.3 Å². The van der Waals surface area contributed by atoms with Crippen molar-refractivity contribution in [3.63, 3.8) is 0 Å². The Kier molecular flexibility index (Phi) is 6.53. The molecule has 3 aromatic rings. The third-order valence-corrected chi connectivity index (χ3v) is 4.94. The summed E-state index contributed by atoms with van der Waals surface area (Å²) in [5, 5.41) is 20.8. The Bertz CT molecular complexity index is 1010. The van der Waals surface area contributed by atoms with E-state index in [-0.39, 0.29) is 18.2 Å². The number of nitrogens with zero attached hydrogens (tertiary/aromatic N) is 4. The van der Waals surface area contributed by atoms with Gasteiger partial charge in [-0.25, -0.2) is 0 Å². The molecule has 0 atom stereocenters. The van der Waals surface area contributed by atoms with Crippen LogP contribution in [-0.4, -0.2) is 40.1 Å². The van der Waals surface area contributed by atoms with E-state index < -0.39 is 0 Å². The van der Waals surface area contributed by atoms with Crippen LogP contribution < -0.4 is 10.1 Å². The van der Waals surface area contributed by atoms with E-state index in [0.717, 1.165) is 11.3 Å². The number of nitriles is 1. The van der Waals surface area contributed by atoms with Gasteiger partial charge in [0.2, 0.25) is 5.91 Å². The number of nitrogens with one attached hydrogen (secondary N) is 1. The van der Waals surface area contributed by atoms with Crippen LogP contribution in [0.5, 0.6) is 5.75 Å². The Labute approximate surface area is 171 Å². The first kappa shape index (κ1) is 19.7. The summed E-state index contributed by atoms with van der Waals surface area (Å²) in [6.07, 6.45) is 0. The number of amides is 1. The van der Waals surface area contributed by atoms with Crippen LogP contribution in [0.4, 0.5) is 0 Å². The zero-order chi connectivity index (χ0) is 19.9. The number of halogens is 1. The minimum atomic E-state index is -0.254. The first-order chi connectivity index (χ1) is 13.6. The summed E-state index contributed by atoms with van der Waals surface area (Å²) in [6.45, 7) is -0.0320. The predicted molar refractivity (Wildman–Crippen MR) is 108 cm³/mol. The molecule has 0 aliphatic heterocycles. The van der Waals surface area contributed by atoms with Crippen LogP contribution in [0.15, 0.2) is 53.7 Å². The van der Waals surface area contributed by atoms with E-state index in [1.54, 1.807) is 19.2 Å². The highest BCUT2D eigenvalue weighted by molar-refractivity contribution is 7.99. The molecule has 9 heteroatoms. The van der Waals surface area contributed by atoms with Gasteiger partial charge >= 0.3 is 0 Å². The molecule has 0 unspecified atom stereocenters. The van der Waals surface area contributed by atoms with E-state index in [9.17, 15) is 4.79 Å². The van der Waals surface area contributed by atoms with Crippen molar-refractivity contribution in [3.8, 4) is 28.9 Å². The Hall–Kier alpha value is -3.02. The van der Waals surface area contributed by atoms with Crippen molar-refractivity contribution < 1.29 is 9.53 Å². The predicted octanol–water partition coefficient (Wildman–Crippen LogP) is 3.33. The second kappa shape index (κ2) is 9.26. The zero-order valence-electron chi connectivity index (χ0n) is 14.9. The summed E-state index contributed by atoms with van der Waals surface area (Å²) < 4.78 is 7.30. The van der Waals surface area contributed by atoms with Crippen molar-refractivity contribution in [3.05, 3.63) is 53.6 Å².